The fourth-order valence-corrected chi connectivity index (χ4v) is 1.96. The summed E-state index contributed by atoms with van der Waals surface area (Å²) in [6.45, 7) is 5.83. The monoisotopic (exact) mass is 171 g/mol. The lowest BCUT2D eigenvalue weighted by molar-refractivity contribution is -0.145. The SMILES string of the molecule is CC1(C)[C@@H](C(=O)O)CC[C@@]1(C)N. The Morgan fingerprint density at radius 3 is 2.17 bits per heavy atom. The van der Waals surface area contributed by atoms with E-state index in [-0.39, 0.29) is 16.9 Å². The summed E-state index contributed by atoms with van der Waals surface area (Å²) < 4.78 is 0. The number of carbonyl (C=O) groups is 1. The van der Waals surface area contributed by atoms with Crippen LogP contribution >= 0.6 is 0 Å². The Morgan fingerprint density at radius 2 is 2.00 bits per heavy atom. The van der Waals surface area contributed by atoms with Gasteiger partial charge < -0.3 is 10.8 Å². The van der Waals surface area contributed by atoms with Gasteiger partial charge in [-0.15, -0.1) is 0 Å². The highest BCUT2D eigenvalue weighted by Crippen LogP contribution is 2.48. The molecule has 1 fully saturated rings. The van der Waals surface area contributed by atoms with Gasteiger partial charge in [0.2, 0.25) is 0 Å². The Hall–Kier alpha value is -0.570. The number of hydrogen-bond donors (Lipinski definition) is 2. The maximum absolute atomic E-state index is 10.8. The Balaban J connectivity index is 2.93. The minimum Gasteiger partial charge on any atom is -0.481 e. The number of hydrogen-bond acceptors (Lipinski definition) is 2. The molecule has 0 aromatic heterocycles. The highest BCUT2D eigenvalue weighted by molar-refractivity contribution is 5.72. The van der Waals surface area contributed by atoms with E-state index in [9.17, 15) is 4.79 Å². The van der Waals surface area contributed by atoms with Crippen LogP contribution in [0.5, 0.6) is 0 Å². The molecule has 0 heterocycles. The maximum atomic E-state index is 10.8. The van der Waals surface area contributed by atoms with E-state index in [4.69, 9.17) is 10.8 Å². The molecular weight excluding hydrogens is 154 g/mol. The molecule has 0 aromatic rings. The minimum atomic E-state index is -0.714. The van der Waals surface area contributed by atoms with Gasteiger partial charge in [0, 0.05) is 5.54 Å². The fourth-order valence-electron chi connectivity index (χ4n) is 1.96. The normalized spacial score (nSPS) is 39.8. The van der Waals surface area contributed by atoms with E-state index in [0.717, 1.165) is 6.42 Å². The second kappa shape index (κ2) is 2.46. The summed E-state index contributed by atoms with van der Waals surface area (Å²) in [6, 6.07) is 0. The quantitative estimate of drug-likeness (QED) is 0.623. The molecule has 0 amide bonds. The highest BCUT2D eigenvalue weighted by Gasteiger charge is 2.52. The van der Waals surface area contributed by atoms with Gasteiger partial charge in [-0.25, -0.2) is 0 Å². The summed E-state index contributed by atoms with van der Waals surface area (Å²) in [6.07, 6.45) is 1.51. The van der Waals surface area contributed by atoms with E-state index in [1.807, 2.05) is 20.8 Å². The molecule has 2 atom stereocenters. The zero-order chi connectivity index (χ0) is 9.57. The molecular formula is C9H17NO2. The van der Waals surface area contributed by atoms with Crippen molar-refractivity contribution < 1.29 is 9.90 Å². The highest BCUT2D eigenvalue weighted by atomic mass is 16.4. The van der Waals surface area contributed by atoms with Crippen LogP contribution in [0.4, 0.5) is 0 Å². The smallest absolute Gasteiger partial charge is 0.307 e. The summed E-state index contributed by atoms with van der Waals surface area (Å²) in [7, 11) is 0. The molecule has 0 bridgehead atoms. The molecule has 0 saturated heterocycles. The second-order valence-corrected chi connectivity index (χ2v) is 4.57. The van der Waals surface area contributed by atoms with E-state index in [0.29, 0.717) is 6.42 Å². The van der Waals surface area contributed by atoms with Crippen molar-refractivity contribution in [3.05, 3.63) is 0 Å². The van der Waals surface area contributed by atoms with Crippen LogP contribution in [0.3, 0.4) is 0 Å². The molecule has 3 heteroatoms. The van der Waals surface area contributed by atoms with Crippen LogP contribution in [0.1, 0.15) is 33.6 Å². The van der Waals surface area contributed by atoms with Gasteiger partial charge >= 0.3 is 5.97 Å². The topological polar surface area (TPSA) is 63.3 Å². The number of nitrogens with two attached hydrogens (primary N) is 1. The zero-order valence-corrected chi connectivity index (χ0v) is 7.92. The van der Waals surface area contributed by atoms with Gasteiger partial charge in [-0.2, -0.15) is 0 Å². The van der Waals surface area contributed by atoms with Crippen molar-refractivity contribution in [3.63, 3.8) is 0 Å². The lowest BCUT2D eigenvalue weighted by Crippen LogP contribution is -2.49. The predicted molar refractivity (Wildman–Crippen MR) is 46.7 cm³/mol. The Morgan fingerprint density at radius 1 is 1.50 bits per heavy atom. The molecule has 1 rings (SSSR count). The third-order valence-electron chi connectivity index (χ3n) is 3.59. The lowest BCUT2D eigenvalue weighted by Gasteiger charge is -2.37. The van der Waals surface area contributed by atoms with Crippen molar-refractivity contribution in [2.45, 2.75) is 39.2 Å². The largest absolute Gasteiger partial charge is 0.481 e. The maximum Gasteiger partial charge on any atom is 0.307 e. The third kappa shape index (κ3) is 1.12. The van der Waals surface area contributed by atoms with E-state index >= 15 is 0 Å². The standard InChI is InChI=1S/C9H17NO2/c1-8(2)6(7(11)12)4-5-9(8,3)10/h6H,4-5,10H2,1-3H3,(H,11,12)/t6-,9-/m1/s1. The van der Waals surface area contributed by atoms with Crippen LogP contribution in [0.25, 0.3) is 0 Å². The van der Waals surface area contributed by atoms with Crippen molar-refractivity contribution >= 4 is 5.97 Å². The van der Waals surface area contributed by atoms with Crippen molar-refractivity contribution in [2.75, 3.05) is 0 Å². The molecule has 1 aliphatic rings. The van der Waals surface area contributed by atoms with Crippen molar-refractivity contribution in [3.8, 4) is 0 Å². The fraction of sp³-hybridized carbons (Fsp3) is 0.889. The van der Waals surface area contributed by atoms with E-state index in [2.05, 4.69) is 0 Å². The number of carboxylic acids is 1. The zero-order valence-electron chi connectivity index (χ0n) is 7.92. The summed E-state index contributed by atoms with van der Waals surface area (Å²) >= 11 is 0. The number of rotatable bonds is 1. The first-order chi connectivity index (χ1) is 5.29. The van der Waals surface area contributed by atoms with Crippen LogP contribution in [0.2, 0.25) is 0 Å². The third-order valence-corrected chi connectivity index (χ3v) is 3.59. The van der Waals surface area contributed by atoms with Gasteiger partial charge in [-0.3, -0.25) is 4.79 Å². The van der Waals surface area contributed by atoms with Gasteiger partial charge in [0.25, 0.3) is 0 Å². The molecule has 0 aliphatic heterocycles. The predicted octanol–water partition coefficient (Wildman–Crippen LogP) is 1.22. The number of aliphatic carboxylic acids is 1. The minimum absolute atomic E-state index is 0.285. The molecule has 1 aliphatic carbocycles. The molecule has 0 aromatic carbocycles. The molecule has 0 spiro atoms. The Kier molecular flexibility index (Phi) is 1.95. The average molecular weight is 171 g/mol. The summed E-state index contributed by atoms with van der Waals surface area (Å²) in [5.74, 6) is -0.998. The molecule has 0 radical (unpaired) electrons. The molecule has 0 unspecified atom stereocenters. The van der Waals surface area contributed by atoms with Crippen molar-refractivity contribution in [2.24, 2.45) is 17.1 Å². The first-order valence-electron chi connectivity index (χ1n) is 4.31. The van der Waals surface area contributed by atoms with Crippen LogP contribution in [0, 0.1) is 11.3 Å². The molecule has 3 nitrogen and oxygen atoms in total. The summed E-state index contributed by atoms with van der Waals surface area (Å²) in [5, 5.41) is 8.93. The average Bonchev–Trinajstić information content (AvgIpc) is 2.03. The van der Waals surface area contributed by atoms with Crippen LogP contribution in [0.15, 0.2) is 0 Å². The van der Waals surface area contributed by atoms with Gasteiger partial charge in [0.05, 0.1) is 5.92 Å². The Labute approximate surface area is 72.9 Å². The van der Waals surface area contributed by atoms with E-state index in [1.54, 1.807) is 0 Å². The van der Waals surface area contributed by atoms with E-state index in [1.165, 1.54) is 0 Å². The van der Waals surface area contributed by atoms with Gasteiger partial charge in [-0.1, -0.05) is 13.8 Å². The molecule has 1 saturated carbocycles. The van der Waals surface area contributed by atoms with Gasteiger partial charge in [-0.05, 0) is 25.2 Å². The van der Waals surface area contributed by atoms with Crippen LogP contribution < -0.4 is 5.73 Å². The lowest BCUT2D eigenvalue weighted by atomic mass is 9.72. The molecule has 12 heavy (non-hydrogen) atoms. The molecule has 3 N–H and O–H groups in total. The van der Waals surface area contributed by atoms with Gasteiger partial charge in [0.15, 0.2) is 0 Å². The number of carboxylic acid groups (broad SMARTS) is 1. The summed E-state index contributed by atoms with van der Waals surface area (Å²) in [5.41, 5.74) is 5.39. The van der Waals surface area contributed by atoms with Crippen molar-refractivity contribution in [1.82, 2.24) is 0 Å². The van der Waals surface area contributed by atoms with Crippen molar-refractivity contribution in [1.29, 1.82) is 0 Å². The second-order valence-electron chi connectivity index (χ2n) is 4.57. The van der Waals surface area contributed by atoms with Gasteiger partial charge in [0.1, 0.15) is 0 Å². The van der Waals surface area contributed by atoms with Crippen LogP contribution in [-0.4, -0.2) is 16.6 Å². The summed E-state index contributed by atoms with van der Waals surface area (Å²) in [4.78, 5) is 10.8. The Bertz CT molecular complexity index is 209. The van der Waals surface area contributed by atoms with E-state index < -0.39 is 5.97 Å². The first kappa shape index (κ1) is 9.52. The van der Waals surface area contributed by atoms with Crippen LogP contribution in [-0.2, 0) is 4.79 Å². The first-order valence-corrected chi connectivity index (χ1v) is 4.31. The molecule has 70 valence electrons.